The number of carbonyl (C=O) groups excluding carboxylic acids is 2. The lowest BCUT2D eigenvalue weighted by atomic mass is 10.1. The van der Waals surface area contributed by atoms with Crippen LogP contribution in [-0.4, -0.2) is 50.3 Å². The third-order valence-electron chi connectivity index (χ3n) is 6.76. The number of anilines is 1. The largest absolute Gasteiger partial charge is 0.352 e. The van der Waals surface area contributed by atoms with Crippen LogP contribution in [0.1, 0.15) is 43.9 Å². The van der Waals surface area contributed by atoms with Crippen molar-refractivity contribution in [3.05, 3.63) is 95.6 Å². The highest BCUT2D eigenvalue weighted by Crippen LogP contribution is 2.29. The molecule has 0 aliphatic carbocycles. The van der Waals surface area contributed by atoms with Gasteiger partial charge < -0.3 is 10.2 Å². The van der Waals surface area contributed by atoms with Gasteiger partial charge in [0.2, 0.25) is 11.8 Å². The number of sulfonamides is 1. The van der Waals surface area contributed by atoms with Crippen LogP contribution in [0.5, 0.6) is 0 Å². The van der Waals surface area contributed by atoms with E-state index in [1.807, 2.05) is 71.0 Å². The molecule has 8 heteroatoms. The van der Waals surface area contributed by atoms with Crippen LogP contribution in [-0.2, 0) is 26.0 Å². The zero-order valence-corrected chi connectivity index (χ0v) is 24.2. The van der Waals surface area contributed by atoms with Gasteiger partial charge in [0.25, 0.3) is 10.0 Å². The number of hydrogen-bond acceptors (Lipinski definition) is 4. The summed E-state index contributed by atoms with van der Waals surface area (Å²) in [5, 5.41) is 2.92. The minimum atomic E-state index is -4.08. The Morgan fingerprint density at radius 1 is 0.872 bits per heavy atom. The molecular formula is C31H39N3O4S. The van der Waals surface area contributed by atoms with Gasteiger partial charge >= 0.3 is 0 Å². The van der Waals surface area contributed by atoms with Crippen LogP contribution in [0.15, 0.2) is 83.8 Å². The van der Waals surface area contributed by atoms with Gasteiger partial charge in [0, 0.05) is 12.6 Å². The first-order valence-corrected chi connectivity index (χ1v) is 14.8. The van der Waals surface area contributed by atoms with Gasteiger partial charge in [-0.25, -0.2) is 8.42 Å². The number of hydrogen-bond donors (Lipinski definition) is 1. The molecule has 3 aromatic carbocycles. The Bertz CT molecular complexity index is 1360. The fraction of sp³-hybridized carbons (Fsp3) is 0.355. The van der Waals surface area contributed by atoms with Crippen molar-refractivity contribution in [2.45, 2.75) is 64.4 Å². The molecule has 0 heterocycles. The summed E-state index contributed by atoms with van der Waals surface area (Å²) in [5.74, 6) is -0.685. The Hall–Kier alpha value is -3.65. The molecule has 0 saturated carbocycles. The maximum Gasteiger partial charge on any atom is 0.264 e. The van der Waals surface area contributed by atoms with E-state index in [2.05, 4.69) is 5.32 Å². The first-order chi connectivity index (χ1) is 18.6. The Balaban J connectivity index is 2.04. The van der Waals surface area contributed by atoms with Crippen molar-refractivity contribution in [1.82, 2.24) is 10.2 Å². The zero-order chi connectivity index (χ0) is 28.6. The highest BCUT2D eigenvalue weighted by Gasteiger charge is 2.34. The van der Waals surface area contributed by atoms with Crippen molar-refractivity contribution in [2.24, 2.45) is 0 Å². The second-order valence-corrected chi connectivity index (χ2v) is 11.8. The summed E-state index contributed by atoms with van der Waals surface area (Å²) in [7, 11) is -4.08. The minimum absolute atomic E-state index is 0.0949. The first kappa shape index (κ1) is 29.9. The molecule has 1 atom stereocenters. The Labute approximate surface area is 232 Å². The van der Waals surface area contributed by atoms with Gasteiger partial charge in [0.1, 0.15) is 12.6 Å². The van der Waals surface area contributed by atoms with Crippen molar-refractivity contribution >= 4 is 27.5 Å². The van der Waals surface area contributed by atoms with E-state index in [1.165, 1.54) is 21.3 Å². The third kappa shape index (κ3) is 7.47. The van der Waals surface area contributed by atoms with E-state index in [0.717, 1.165) is 16.7 Å². The van der Waals surface area contributed by atoms with E-state index >= 15 is 0 Å². The monoisotopic (exact) mass is 549 g/mol. The number of carbonyl (C=O) groups is 2. The summed E-state index contributed by atoms with van der Waals surface area (Å²) in [6.07, 6.45) is 0.931. The predicted octanol–water partition coefficient (Wildman–Crippen LogP) is 4.87. The Morgan fingerprint density at radius 2 is 1.49 bits per heavy atom. The fourth-order valence-electron chi connectivity index (χ4n) is 4.52. The van der Waals surface area contributed by atoms with E-state index in [-0.39, 0.29) is 23.4 Å². The number of nitrogens with zero attached hydrogens (tertiary/aromatic N) is 2. The van der Waals surface area contributed by atoms with Crippen LogP contribution in [0.4, 0.5) is 5.69 Å². The van der Waals surface area contributed by atoms with E-state index in [4.69, 9.17) is 0 Å². The quantitative estimate of drug-likeness (QED) is 0.349. The lowest BCUT2D eigenvalue weighted by Gasteiger charge is -2.34. The topological polar surface area (TPSA) is 86.8 Å². The maximum atomic E-state index is 14.1. The molecule has 1 N–H and O–H groups in total. The van der Waals surface area contributed by atoms with E-state index in [9.17, 15) is 18.0 Å². The van der Waals surface area contributed by atoms with Gasteiger partial charge in [-0.05, 0) is 75.4 Å². The number of nitrogens with one attached hydrogen (secondary N) is 1. The second-order valence-electron chi connectivity index (χ2n) is 9.95. The average molecular weight is 550 g/mol. The summed E-state index contributed by atoms with van der Waals surface area (Å²) in [4.78, 5) is 28.9. The molecule has 0 aromatic heterocycles. The molecule has 0 fully saturated rings. The van der Waals surface area contributed by atoms with Crippen LogP contribution in [0, 0.1) is 13.8 Å². The summed E-state index contributed by atoms with van der Waals surface area (Å²) in [6, 6.07) is 22.4. The Kier molecular flexibility index (Phi) is 10.3. The number of benzene rings is 3. The first-order valence-electron chi connectivity index (χ1n) is 13.3. The maximum absolute atomic E-state index is 14.1. The molecular weight excluding hydrogens is 510 g/mol. The standard InChI is InChI=1S/C31H39N3O4S/c1-6-28(31(36)32-23(2)3)33(21-20-26-15-9-7-10-16-26)30(35)22-34(29-19-13-14-24(4)25(29)5)39(37,38)27-17-11-8-12-18-27/h7-19,23,28H,6,20-22H2,1-5H3,(H,32,36). The van der Waals surface area contributed by atoms with Crippen molar-refractivity contribution in [1.29, 1.82) is 0 Å². The molecule has 0 aliphatic heterocycles. The molecule has 2 amide bonds. The minimum Gasteiger partial charge on any atom is -0.352 e. The van der Waals surface area contributed by atoms with E-state index in [1.54, 1.807) is 30.3 Å². The fourth-order valence-corrected chi connectivity index (χ4v) is 6.01. The highest BCUT2D eigenvalue weighted by atomic mass is 32.2. The molecule has 0 spiro atoms. The summed E-state index contributed by atoms with van der Waals surface area (Å²) in [5.41, 5.74) is 3.15. The van der Waals surface area contributed by atoms with Gasteiger partial charge in [-0.1, -0.05) is 67.6 Å². The molecule has 208 valence electrons. The average Bonchev–Trinajstić information content (AvgIpc) is 2.91. The smallest absolute Gasteiger partial charge is 0.264 e. The van der Waals surface area contributed by atoms with E-state index in [0.29, 0.717) is 18.5 Å². The molecule has 0 bridgehead atoms. The number of amides is 2. The van der Waals surface area contributed by atoms with E-state index < -0.39 is 28.5 Å². The van der Waals surface area contributed by atoms with Crippen molar-refractivity contribution in [3.8, 4) is 0 Å². The van der Waals surface area contributed by atoms with Crippen molar-refractivity contribution in [2.75, 3.05) is 17.4 Å². The molecule has 1 unspecified atom stereocenters. The molecule has 7 nitrogen and oxygen atoms in total. The van der Waals surface area contributed by atoms with Crippen LogP contribution in [0.25, 0.3) is 0 Å². The predicted molar refractivity (Wildman–Crippen MR) is 156 cm³/mol. The zero-order valence-electron chi connectivity index (χ0n) is 23.4. The van der Waals surface area contributed by atoms with Gasteiger partial charge in [0.15, 0.2) is 0 Å². The van der Waals surface area contributed by atoms with Crippen molar-refractivity contribution in [3.63, 3.8) is 0 Å². The molecule has 3 rings (SSSR count). The van der Waals surface area contributed by atoms with Crippen LogP contribution in [0.2, 0.25) is 0 Å². The lowest BCUT2D eigenvalue weighted by Crippen LogP contribution is -2.54. The molecule has 39 heavy (non-hydrogen) atoms. The summed E-state index contributed by atoms with van der Waals surface area (Å²) < 4.78 is 29.0. The number of rotatable bonds is 12. The normalized spacial score (nSPS) is 12.2. The third-order valence-corrected chi connectivity index (χ3v) is 8.53. The van der Waals surface area contributed by atoms with Gasteiger partial charge in [0.05, 0.1) is 10.6 Å². The lowest BCUT2D eigenvalue weighted by molar-refractivity contribution is -0.139. The van der Waals surface area contributed by atoms with Gasteiger partial charge in [-0.15, -0.1) is 0 Å². The van der Waals surface area contributed by atoms with Crippen LogP contribution >= 0.6 is 0 Å². The molecule has 3 aromatic rings. The second kappa shape index (κ2) is 13.4. The van der Waals surface area contributed by atoms with Crippen molar-refractivity contribution < 1.29 is 18.0 Å². The molecule has 0 aliphatic rings. The van der Waals surface area contributed by atoms with Gasteiger partial charge in [-0.2, -0.15) is 0 Å². The number of aryl methyl sites for hydroxylation is 1. The Morgan fingerprint density at radius 3 is 2.08 bits per heavy atom. The van der Waals surface area contributed by atoms with Gasteiger partial charge in [-0.3, -0.25) is 13.9 Å². The summed E-state index contributed by atoms with van der Waals surface area (Å²) in [6.45, 7) is 9.20. The molecule has 0 saturated heterocycles. The summed E-state index contributed by atoms with van der Waals surface area (Å²) >= 11 is 0. The molecule has 0 radical (unpaired) electrons. The SMILES string of the molecule is CCC(C(=O)NC(C)C)N(CCc1ccccc1)C(=O)CN(c1cccc(C)c1C)S(=O)(=O)c1ccccc1. The van der Waals surface area contributed by atoms with Crippen LogP contribution < -0.4 is 9.62 Å². The van der Waals surface area contributed by atoms with Crippen LogP contribution in [0.3, 0.4) is 0 Å². The highest BCUT2D eigenvalue weighted by molar-refractivity contribution is 7.92.